The van der Waals surface area contributed by atoms with Crippen molar-refractivity contribution in [2.45, 2.75) is 0 Å². The summed E-state index contributed by atoms with van der Waals surface area (Å²) in [6.07, 6.45) is 0. The predicted octanol–water partition coefficient (Wildman–Crippen LogP) is 9.79. The Morgan fingerprint density at radius 2 is 0.281 bits per heavy atom. The Kier molecular flexibility index (Phi) is 7.68. The molecule has 0 aliphatic heterocycles. The molecule has 8 aromatic rings. The molecule has 64 heavy (non-hydrogen) atoms. The molecule has 0 amide bonds. The van der Waals surface area contributed by atoms with Crippen molar-refractivity contribution in [2.24, 2.45) is 0 Å². The average Bonchev–Trinajstić information content (AvgIpc) is 3.34. The number of ketones is 8. The maximum atomic E-state index is 14.9. The minimum Gasteiger partial charge on any atom is -0.289 e. The van der Waals surface area contributed by atoms with Gasteiger partial charge in [0.25, 0.3) is 0 Å². The molecule has 0 bridgehead atoms. The van der Waals surface area contributed by atoms with Crippen LogP contribution in [-0.2, 0) is 0 Å². The molecule has 0 N–H and O–H groups in total. The van der Waals surface area contributed by atoms with Gasteiger partial charge < -0.3 is 0 Å². The summed E-state index contributed by atoms with van der Waals surface area (Å²) in [4.78, 5) is 115. The summed E-state index contributed by atoms with van der Waals surface area (Å²) in [6, 6.07) is 42.3. The lowest BCUT2D eigenvalue weighted by Gasteiger charge is -2.27. The van der Waals surface area contributed by atoms with Crippen LogP contribution in [0.15, 0.2) is 158 Å². The van der Waals surface area contributed by atoms with E-state index in [1.807, 2.05) is 0 Å². The van der Waals surface area contributed by atoms with E-state index in [-0.39, 0.29) is 112 Å². The van der Waals surface area contributed by atoms with Gasteiger partial charge in [-0.3, -0.25) is 38.4 Å². The van der Waals surface area contributed by atoms with Crippen molar-refractivity contribution in [1.82, 2.24) is 0 Å². The second-order valence-corrected chi connectivity index (χ2v) is 16.1. The molecule has 12 rings (SSSR count). The molecule has 0 aromatic heterocycles. The first-order valence-electron chi connectivity index (χ1n) is 20.5. The molecule has 8 heteroatoms. The van der Waals surface area contributed by atoms with Crippen molar-refractivity contribution in [1.29, 1.82) is 0 Å². The van der Waals surface area contributed by atoms with Gasteiger partial charge >= 0.3 is 0 Å². The predicted molar refractivity (Wildman–Crippen MR) is 236 cm³/mol. The first-order valence-corrected chi connectivity index (χ1v) is 20.5. The molecular weight excluding hydrogens is 801 g/mol. The van der Waals surface area contributed by atoms with Crippen molar-refractivity contribution in [3.8, 4) is 33.4 Å². The third-order valence-electron chi connectivity index (χ3n) is 12.9. The van der Waals surface area contributed by atoms with Gasteiger partial charge in [-0.15, -0.1) is 0 Å². The molecule has 0 spiro atoms. The van der Waals surface area contributed by atoms with Gasteiger partial charge in [-0.25, -0.2) is 0 Å². The van der Waals surface area contributed by atoms with Crippen molar-refractivity contribution in [2.75, 3.05) is 0 Å². The van der Waals surface area contributed by atoms with Crippen molar-refractivity contribution >= 4 is 46.3 Å². The van der Waals surface area contributed by atoms with Gasteiger partial charge in [0.2, 0.25) is 0 Å². The summed E-state index contributed by atoms with van der Waals surface area (Å²) in [5, 5.41) is 0. The lowest BCUT2D eigenvalue weighted by atomic mass is 9.73. The molecule has 0 saturated carbocycles. The number of carbonyl (C=O) groups excluding carboxylic acids is 8. The maximum Gasteiger partial charge on any atom is 0.195 e. The highest BCUT2D eigenvalue weighted by Gasteiger charge is 2.40. The molecule has 8 nitrogen and oxygen atoms in total. The normalized spacial score (nSPS) is 14.2. The molecule has 4 aliphatic rings. The Morgan fingerprint density at radius 3 is 0.500 bits per heavy atom. The van der Waals surface area contributed by atoms with Crippen LogP contribution in [0.25, 0.3) is 33.4 Å². The minimum absolute atomic E-state index is 0.0555. The molecule has 8 aromatic carbocycles. The molecule has 0 unspecified atom stereocenters. The Labute approximate surface area is 363 Å². The second kappa shape index (κ2) is 13.3. The Bertz CT molecular complexity index is 3420. The van der Waals surface area contributed by atoms with E-state index in [1.54, 1.807) is 158 Å². The van der Waals surface area contributed by atoms with Crippen molar-refractivity contribution in [3.63, 3.8) is 0 Å². The Hall–Kier alpha value is -8.88. The van der Waals surface area contributed by atoms with E-state index >= 15 is 0 Å². The van der Waals surface area contributed by atoms with E-state index in [4.69, 9.17) is 0 Å². The van der Waals surface area contributed by atoms with E-state index < -0.39 is 23.1 Å². The smallest absolute Gasteiger partial charge is 0.195 e. The van der Waals surface area contributed by atoms with E-state index in [1.165, 1.54) is 0 Å². The molecule has 0 atom stereocenters. The number of hydrogen-bond acceptors (Lipinski definition) is 8. The van der Waals surface area contributed by atoms with E-state index in [0.29, 0.717) is 33.4 Å². The van der Waals surface area contributed by atoms with E-state index in [9.17, 15) is 38.4 Å². The minimum atomic E-state index is -0.496. The fraction of sp³-hybridized carbons (Fsp3) is 0. The van der Waals surface area contributed by atoms with Crippen molar-refractivity contribution < 1.29 is 38.4 Å². The molecule has 0 heterocycles. The largest absolute Gasteiger partial charge is 0.289 e. The summed E-state index contributed by atoms with van der Waals surface area (Å²) < 4.78 is 0. The van der Waals surface area contributed by atoms with Gasteiger partial charge in [0, 0.05) is 89.0 Å². The quantitative estimate of drug-likeness (QED) is 0.172. The van der Waals surface area contributed by atoms with Crippen LogP contribution in [0.4, 0.5) is 0 Å². The maximum absolute atomic E-state index is 14.9. The van der Waals surface area contributed by atoms with Crippen LogP contribution in [0.1, 0.15) is 127 Å². The van der Waals surface area contributed by atoms with Gasteiger partial charge in [-0.05, 0) is 33.4 Å². The summed E-state index contributed by atoms with van der Waals surface area (Å²) >= 11 is 0. The zero-order valence-corrected chi connectivity index (χ0v) is 33.3. The standard InChI is InChI=1S/C56H26O8/c57-49-33-11-1-3-13-35(33)51(59)43-27(15-5-21-37(43)49)29-17-7-23-39-45(29)53(61)41-25-9-19-31(47(41)55(39)63)32-20-10-26-42-48(32)56(64)40-24-8-18-30(46(40)54(42)62)28-16-6-22-38-44(28)52(60)36-14-4-2-12-34(36)50(38)58/h1-26H. The third kappa shape index (κ3) is 4.81. The number of carbonyl (C=O) groups is 8. The van der Waals surface area contributed by atoms with Crippen LogP contribution in [-0.4, -0.2) is 46.3 Å². The average molecular weight is 827 g/mol. The Balaban J connectivity index is 0.978. The molecule has 4 aliphatic carbocycles. The van der Waals surface area contributed by atoms with Crippen LogP contribution in [0, 0.1) is 0 Å². The molecule has 0 fully saturated rings. The van der Waals surface area contributed by atoms with Crippen LogP contribution in [0.2, 0.25) is 0 Å². The molecule has 0 radical (unpaired) electrons. The molecule has 0 saturated heterocycles. The summed E-state index contributed by atoms with van der Waals surface area (Å²) in [5.74, 6) is -3.33. The lowest BCUT2D eigenvalue weighted by Crippen LogP contribution is -2.26. The van der Waals surface area contributed by atoms with Crippen LogP contribution in [0.3, 0.4) is 0 Å². The van der Waals surface area contributed by atoms with E-state index in [2.05, 4.69) is 0 Å². The third-order valence-corrected chi connectivity index (χ3v) is 12.9. The SMILES string of the molecule is O=C1c2ccccc2C(=O)c2c1cccc2-c1cccc2c1C(=O)c1cccc(-c3cccc4c3C(=O)c3cccc(-c5cccc6c5C(=O)c5ccccc5C6=O)c3C4=O)c1C2=O. The van der Waals surface area contributed by atoms with Crippen LogP contribution < -0.4 is 0 Å². The summed E-state index contributed by atoms with van der Waals surface area (Å²) in [6.45, 7) is 0. The fourth-order valence-electron chi connectivity index (χ4n) is 10.1. The molecule has 298 valence electrons. The van der Waals surface area contributed by atoms with Gasteiger partial charge in [0.1, 0.15) is 0 Å². The summed E-state index contributed by atoms with van der Waals surface area (Å²) in [7, 11) is 0. The van der Waals surface area contributed by atoms with Gasteiger partial charge in [-0.1, -0.05) is 158 Å². The fourth-order valence-corrected chi connectivity index (χ4v) is 10.1. The van der Waals surface area contributed by atoms with E-state index in [0.717, 1.165) is 0 Å². The highest BCUT2D eigenvalue weighted by molar-refractivity contribution is 6.37. The Morgan fingerprint density at radius 1 is 0.141 bits per heavy atom. The number of benzene rings is 8. The highest BCUT2D eigenvalue weighted by atomic mass is 16.2. The number of hydrogen-bond donors (Lipinski definition) is 0. The monoisotopic (exact) mass is 826 g/mol. The molecular formula is C56H26O8. The second-order valence-electron chi connectivity index (χ2n) is 16.1. The van der Waals surface area contributed by atoms with Crippen LogP contribution in [0.5, 0.6) is 0 Å². The number of fused-ring (bicyclic) bond motifs is 8. The van der Waals surface area contributed by atoms with Gasteiger partial charge in [0.15, 0.2) is 46.3 Å². The zero-order chi connectivity index (χ0) is 43.7. The topological polar surface area (TPSA) is 137 Å². The van der Waals surface area contributed by atoms with Gasteiger partial charge in [-0.2, -0.15) is 0 Å². The lowest BCUT2D eigenvalue weighted by molar-refractivity contribution is 0.0977. The van der Waals surface area contributed by atoms with Crippen LogP contribution >= 0.6 is 0 Å². The first kappa shape index (κ1) is 36.9. The van der Waals surface area contributed by atoms with Crippen molar-refractivity contribution in [3.05, 3.63) is 247 Å². The highest BCUT2D eigenvalue weighted by Crippen LogP contribution is 2.45. The first-order chi connectivity index (χ1) is 31.2. The van der Waals surface area contributed by atoms with Gasteiger partial charge in [0.05, 0.1) is 0 Å². The zero-order valence-electron chi connectivity index (χ0n) is 33.3. The summed E-state index contributed by atoms with van der Waals surface area (Å²) in [5.41, 5.74) is 4.29. The number of rotatable bonds is 3.